The second-order valence-corrected chi connectivity index (χ2v) is 4.35. The van der Waals surface area contributed by atoms with Crippen molar-refractivity contribution in [1.82, 2.24) is 19.7 Å². The summed E-state index contributed by atoms with van der Waals surface area (Å²) in [4.78, 5) is 19.0. The summed E-state index contributed by atoms with van der Waals surface area (Å²) in [6.07, 6.45) is 2.89. The summed E-state index contributed by atoms with van der Waals surface area (Å²) in [5.74, 6) is -0.704. The van der Waals surface area contributed by atoms with Crippen LogP contribution in [0, 0.1) is 0 Å². The number of hydrogen-bond donors (Lipinski definition) is 1. The number of rotatable bonds is 3. The van der Waals surface area contributed by atoms with Gasteiger partial charge in [-0.1, -0.05) is 25.4 Å². The number of halogens is 1. The van der Waals surface area contributed by atoms with Crippen molar-refractivity contribution in [2.45, 2.75) is 19.8 Å². The van der Waals surface area contributed by atoms with Gasteiger partial charge in [0.25, 0.3) is 0 Å². The van der Waals surface area contributed by atoms with Crippen LogP contribution in [0.5, 0.6) is 0 Å². The van der Waals surface area contributed by atoms with Gasteiger partial charge in [0.15, 0.2) is 5.82 Å². The van der Waals surface area contributed by atoms with E-state index in [1.54, 1.807) is 6.07 Å². The molecule has 0 unspecified atom stereocenters. The Morgan fingerprint density at radius 2 is 2.22 bits per heavy atom. The van der Waals surface area contributed by atoms with E-state index in [0.29, 0.717) is 11.5 Å². The molecule has 0 bridgehead atoms. The molecule has 0 amide bonds. The van der Waals surface area contributed by atoms with Gasteiger partial charge in [0.1, 0.15) is 17.0 Å². The van der Waals surface area contributed by atoms with Crippen molar-refractivity contribution >= 4 is 17.6 Å². The van der Waals surface area contributed by atoms with Gasteiger partial charge >= 0.3 is 5.97 Å². The molecule has 0 aliphatic rings. The molecule has 1 N–H and O–H groups in total. The predicted octanol–water partition coefficient (Wildman–Crippen LogP) is 2.14. The molecule has 0 radical (unpaired) electrons. The molecule has 6 nitrogen and oxygen atoms in total. The van der Waals surface area contributed by atoms with E-state index >= 15 is 0 Å². The predicted molar refractivity (Wildman–Crippen MR) is 65.2 cm³/mol. The van der Waals surface area contributed by atoms with Gasteiger partial charge in [0.2, 0.25) is 0 Å². The molecule has 0 spiro atoms. The lowest BCUT2D eigenvalue weighted by Gasteiger charge is -2.00. The number of carbonyl (C=O) groups is 1. The summed E-state index contributed by atoms with van der Waals surface area (Å²) in [6.45, 7) is 3.71. The summed E-state index contributed by atoms with van der Waals surface area (Å²) in [6, 6.07) is 1.61. The minimum Gasteiger partial charge on any atom is -0.478 e. The van der Waals surface area contributed by atoms with Gasteiger partial charge in [-0.15, -0.1) is 0 Å². The quantitative estimate of drug-likeness (QED) is 0.920. The Balaban J connectivity index is 2.64. The molecular weight excluding hydrogens is 256 g/mol. The van der Waals surface area contributed by atoms with Crippen LogP contribution < -0.4 is 0 Å². The molecule has 0 saturated heterocycles. The van der Waals surface area contributed by atoms with Crippen molar-refractivity contribution in [3.8, 4) is 5.82 Å². The van der Waals surface area contributed by atoms with Crippen LogP contribution in [0.25, 0.3) is 5.82 Å². The lowest BCUT2D eigenvalue weighted by molar-refractivity contribution is 0.0695. The highest BCUT2D eigenvalue weighted by Crippen LogP contribution is 2.27. The van der Waals surface area contributed by atoms with Gasteiger partial charge in [-0.2, -0.15) is 5.10 Å². The smallest absolute Gasteiger partial charge is 0.340 e. The number of hydrogen-bond acceptors (Lipinski definition) is 4. The molecule has 7 heteroatoms. The van der Waals surface area contributed by atoms with Crippen LogP contribution in [-0.4, -0.2) is 30.8 Å². The van der Waals surface area contributed by atoms with Crippen LogP contribution in [0.4, 0.5) is 0 Å². The number of aromatic nitrogens is 4. The van der Waals surface area contributed by atoms with Gasteiger partial charge < -0.3 is 5.11 Å². The topological polar surface area (TPSA) is 80.9 Å². The van der Waals surface area contributed by atoms with Crippen molar-refractivity contribution < 1.29 is 9.90 Å². The standard InChI is InChI=1S/C11H11ClN4O2/c1-6(2)9-8(11(17)18)10(12)16(15-9)7-3-4-13-5-14-7/h3-6H,1-2H3,(H,17,18). The third-order valence-electron chi connectivity index (χ3n) is 2.40. The zero-order valence-electron chi connectivity index (χ0n) is 9.83. The Kier molecular flexibility index (Phi) is 3.29. The molecule has 2 rings (SSSR count). The number of carboxylic acid groups (broad SMARTS) is 1. The Labute approximate surface area is 108 Å². The summed E-state index contributed by atoms with van der Waals surface area (Å²) in [5.41, 5.74) is 0.455. The molecule has 2 aromatic heterocycles. The Hall–Kier alpha value is -1.95. The molecule has 0 aliphatic carbocycles. The summed E-state index contributed by atoms with van der Waals surface area (Å²) < 4.78 is 1.31. The molecule has 18 heavy (non-hydrogen) atoms. The molecule has 0 atom stereocenters. The monoisotopic (exact) mass is 266 g/mol. The average Bonchev–Trinajstić information content (AvgIpc) is 2.68. The van der Waals surface area contributed by atoms with Crippen LogP contribution in [0.3, 0.4) is 0 Å². The van der Waals surface area contributed by atoms with E-state index in [9.17, 15) is 9.90 Å². The molecule has 0 aliphatic heterocycles. The summed E-state index contributed by atoms with van der Waals surface area (Å²) in [5, 5.41) is 13.4. The number of aromatic carboxylic acids is 1. The first-order valence-corrected chi connectivity index (χ1v) is 5.68. The number of carboxylic acids is 1. The first-order chi connectivity index (χ1) is 8.52. The Bertz CT molecular complexity index is 580. The number of nitrogens with zero attached hydrogens (tertiary/aromatic N) is 4. The van der Waals surface area contributed by atoms with E-state index in [4.69, 9.17) is 11.6 Å². The average molecular weight is 267 g/mol. The van der Waals surface area contributed by atoms with Crippen LogP contribution >= 0.6 is 11.6 Å². The highest BCUT2D eigenvalue weighted by atomic mass is 35.5. The maximum Gasteiger partial charge on any atom is 0.340 e. The maximum atomic E-state index is 11.2. The van der Waals surface area contributed by atoms with E-state index in [2.05, 4.69) is 15.1 Å². The first kappa shape index (κ1) is 12.5. The van der Waals surface area contributed by atoms with Gasteiger partial charge in [-0.05, 0) is 5.92 Å². The van der Waals surface area contributed by atoms with E-state index in [-0.39, 0.29) is 16.6 Å². The zero-order valence-corrected chi connectivity index (χ0v) is 10.6. The van der Waals surface area contributed by atoms with Crippen LogP contribution in [0.15, 0.2) is 18.6 Å². The highest BCUT2D eigenvalue weighted by Gasteiger charge is 2.24. The van der Waals surface area contributed by atoms with E-state index in [1.807, 2.05) is 13.8 Å². The zero-order chi connectivity index (χ0) is 13.3. The molecular formula is C11H11ClN4O2. The minimum absolute atomic E-state index is 0.0188. The first-order valence-electron chi connectivity index (χ1n) is 5.30. The highest BCUT2D eigenvalue weighted by molar-refractivity contribution is 6.32. The maximum absolute atomic E-state index is 11.2. The third kappa shape index (κ3) is 2.06. The summed E-state index contributed by atoms with van der Waals surface area (Å²) in [7, 11) is 0. The van der Waals surface area contributed by atoms with Gasteiger partial charge in [-0.3, -0.25) is 0 Å². The van der Waals surface area contributed by atoms with E-state index in [1.165, 1.54) is 17.2 Å². The lowest BCUT2D eigenvalue weighted by atomic mass is 10.1. The second-order valence-electron chi connectivity index (χ2n) is 3.99. The second kappa shape index (κ2) is 4.73. The molecule has 2 aromatic rings. The molecule has 0 fully saturated rings. The van der Waals surface area contributed by atoms with Gasteiger partial charge in [0.05, 0.1) is 5.69 Å². The molecule has 0 saturated carbocycles. The van der Waals surface area contributed by atoms with E-state index in [0.717, 1.165) is 0 Å². The van der Waals surface area contributed by atoms with Crippen molar-refractivity contribution in [3.05, 3.63) is 35.0 Å². The van der Waals surface area contributed by atoms with Crippen LogP contribution in [0.1, 0.15) is 35.8 Å². The summed E-state index contributed by atoms with van der Waals surface area (Å²) >= 11 is 6.06. The fourth-order valence-corrected chi connectivity index (χ4v) is 1.88. The fourth-order valence-electron chi connectivity index (χ4n) is 1.58. The third-order valence-corrected chi connectivity index (χ3v) is 2.75. The Morgan fingerprint density at radius 3 is 2.67 bits per heavy atom. The van der Waals surface area contributed by atoms with Gasteiger partial charge in [0, 0.05) is 12.3 Å². The van der Waals surface area contributed by atoms with E-state index < -0.39 is 5.97 Å². The van der Waals surface area contributed by atoms with Crippen molar-refractivity contribution in [3.63, 3.8) is 0 Å². The van der Waals surface area contributed by atoms with Crippen molar-refractivity contribution in [2.75, 3.05) is 0 Å². The SMILES string of the molecule is CC(C)c1nn(-c2ccncn2)c(Cl)c1C(=O)O. The fraction of sp³-hybridized carbons (Fsp3) is 0.273. The molecule has 94 valence electrons. The van der Waals surface area contributed by atoms with Crippen molar-refractivity contribution in [2.24, 2.45) is 0 Å². The Morgan fingerprint density at radius 1 is 1.50 bits per heavy atom. The lowest BCUT2D eigenvalue weighted by Crippen LogP contribution is -2.01. The normalized spacial score (nSPS) is 10.9. The minimum atomic E-state index is -1.09. The van der Waals surface area contributed by atoms with Crippen LogP contribution in [-0.2, 0) is 0 Å². The molecule has 0 aromatic carbocycles. The van der Waals surface area contributed by atoms with Crippen LogP contribution in [0.2, 0.25) is 5.15 Å². The largest absolute Gasteiger partial charge is 0.478 e. The van der Waals surface area contributed by atoms with Gasteiger partial charge in [-0.25, -0.2) is 19.4 Å². The molecule has 2 heterocycles. The van der Waals surface area contributed by atoms with Crippen molar-refractivity contribution in [1.29, 1.82) is 0 Å².